The molecular formula is C32H31FN6O2. The molecule has 6 rings (SSSR count). The minimum atomic E-state index is -0.451. The van der Waals surface area contributed by atoms with E-state index in [4.69, 9.17) is 10.5 Å². The number of aromatic nitrogens is 3. The monoisotopic (exact) mass is 550 g/mol. The van der Waals surface area contributed by atoms with Gasteiger partial charge in [0.25, 0.3) is 0 Å². The van der Waals surface area contributed by atoms with Crippen LogP contribution in [0.5, 0.6) is 11.5 Å². The minimum absolute atomic E-state index is 0.00156. The molecule has 2 aromatic heterocycles. The maximum absolute atomic E-state index is 15.7. The molecule has 2 fully saturated rings. The summed E-state index contributed by atoms with van der Waals surface area (Å²) in [6.07, 6.45) is 4.70. The van der Waals surface area contributed by atoms with Gasteiger partial charge in [-0.1, -0.05) is 30.7 Å². The van der Waals surface area contributed by atoms with Crippen LogP contribution >= 0.6 is 0 Å². The lowest BCUT2D eigenvalue weighted by Crippen LogP contribution is -2.55. The van der Waals surface area contributed by atoms with Gasteiger partial charge in [-0.25, -0.2) is 14.4 Å². The van der Waals surface area contributed by atoms with Gasteiger partial charge >= 0.3 is 0 Å². The van der Waals surface area contributed by atoms with E-state index in [0.29, 0.717) is 45.4 Å². The summed E-state index contributed by atoms with van der Waals surface area (Å²) in [4.78, 5) is 24.8. The van der Waals surface area contributed by atoms with Crippen LogP contribution in [0.3, 0.4) is 0 Å². The van der Waals surface area contributed by atoms with Crippen molar-refractivity contribution in [2.45, 2.75) is 18.9 Å². The van der Waals surface area contributed by atoms with E-state index < -0.39 is 5.82 Å². The van der Waals surface area contributed by atoms with Gasteiger partial charge in [0.05, 0.1) is 5.39 Å². The quantitative estimate of drug-likeness (QED) is 0.288. The van der Waals surface area contributed by atoms with E-state index in [9.17, 15) is 4.79 Å². The van der Waals surface area contributed by atoms with Gasteiger partial charge in [0.1, 0.15) is 40.8 Å². The second-order valence-corrected chi connectivity index (χ2v) is 10.5. The number of likely N-dealkylation sites (tertiary alicyclic amines) is 2. The molecule has 0 saturated carbocycles. The molecule has 1 amide bonds. The maximum Gasteiger partial charge on any atom is 0.245 e. The number of para-hydroxylation sites is 1. The summed E-state index contributed by atoms with van der Waals surface area (Å²) in [5.74, 6) is 7.78. The molecule has 0 spiro atoms. The van der Waals surface area contributed by atoms with Gasteiger partial charge in [0.15, 0.2) is 0 Å². The summed E-state index contributed by atoms with van der Waals surface area (Å²) < 4.78 is 23.3. The Kier molecular flexibility index (Phi) is 7.16. The number of benzene rings is 2. The van der Waals surface area contributed by atoms with Gasteiger partial charge in [-0.15, -0.1) is 0 Å². The minimum Gasteiger partial charge on any atom is -0.457 e. The second kappa shape index (κ2) is 11.1. The van der Waals surface area contributed by atoms with Crippen LogP contribution in [-0.4, -0.2) is 62.5 Å². The SMILES string of the molecule is C=CC(=O)N1CCC(N2CC(C#Cc3c(-c4ccc(Oc5ccccc5)cc4F)c4c(N)ncnc4n3C)C2)CC1. The van der Waals surface area contributed by atoms with E-state index in [1.54, 1.807) is 12.1 Å². The number of nitrogens with two attached hydrogens (primary N) is 1. The number of amides is 1. The van der Waals surface area contributed by atoms with Crippen molar-refractivity contribution in [3.63, 3.8) is 0 Å². The van der Waals surface area contributed by atoms with E-state index in [1.165, 1.54) is 18.5 Å². The fourth-order valence-corrected chi connectivity index (χ4v) is 5.72. The summed E-state index contributed by atoms with van der Waals surface area (Å²) in [7, 11) is 1.86. The van der Waals surface area contributed by atoms with Crippen LogP contribution in [0, 0.1) is 23.6 Å². The third kappa shape index (κ3) is 5.14. The molecule has 9 heteroatoms. The highest BCUT2D eigenvalue weighted by atomic mass is 19.1. The Labute approximate surface area is 238 Å². The predicted molar refractivity (Wildman–Crippen MR) is 157 cm³/mol. The maximum atomic E-state index is 15.7. The van der Waals surface area contributed by atoms with Gasteiger partial charge < -0.3 is 19.9 Å². The highest BCUT2D eigenvalue weighted by Crippen LogP contribution is 2.38. The number of halogens is 1. The van der Waals surface area contributed by atoms with Gasteiger partial charge in [-0.2, -0.15) is 0 Å². The summed E-state index contributed by atoms with van der Waals surface area (Å²) in [6.45, 7) is 6.84. The van der Waals surface area contributed by atoms with Crippen molar-refractivity contribution in [2.24, 2.45) is 13.0 Å². The van der Waals surface area contributed by atoms with E-state index in [-0.39, 0.29) is 17.6 Å². The van der Waals surface area contributed by atoms with Crippen LogP contribution in [0.1, 0.15) is 18.5 Å². The molecule has 2 aromatic carbocycles. The van der Waals surface area contributed by atoms with Crippen molar-refractivity contribution in [2.75, 3.05) is 31.9 Å². The van der Waals surface area contributed by atoms with E-state index in [1.807, 2.05) is 46.8 Å². The first kappa shape index (κ1) is 26.5. The van der Waals surface area contributed by atoms with E-state index >= 15 is 4.39 Å². The number of anilines is 1. The number of ether oxygens (including phenoxy) is 1. The highest BCUT2D eigenvalue weighted by molar-refractivity contribution is 6.03. The Hall–Kier alpha value is -4.68. The van der Waals surface area contributed by atoms with Crippen molar-refractivity contribution >= 4 is 22.8 Å². The zero-order chi connectivity index (χ0) is 28.5. The molecule has 8 nitrogen and oxygen atoms in total. The summed E-state index contributed by atoms with van der Waals surface area (Å²) in [5, 5.41) is 0.575. The topological polar surface area (TPSA) is 89.5 Å². The molecule has 2 aliphatic rings. The lowest BCUT2D eigenvalue weighted by molar-refractivity contribution is -0.127. The lowest BCUT2D eigenvalue weighted by Gasteiger charge is -2.45. The third-order valence-electron chi connectivity index (χ3n) is 7.96. The Balaban J connectivity index is 1.25. The average molecular weight is 551 g/mol. The van der Waals surface area contributed by atoms with Gasteiger partial charge in [0.2, 0.25) is 5.91 Å². The molecule has 2 saturated heterocycles. The van der Waals surface area contributed by atoms with Gasteiger partial charge in [-0.3, -0.25) is 9.69 Å². The predicted octanol–water partition coefficient (Wildman–Crippen LogP) is 4.61. The molecule has 0 unspecified atom stereocenters. The van der Waals surface area contributed by atoms with Crippen molar-refractivity contribution < 1.29 is 13.9 Å². The first-order valence-electron chi connectivity index (χ1n) is 13.7. The Morgan fingerprint density at radius 1 is 1.12 bits per heavy atom. The molecule has 208 valence electrons. The largest absolute Gasteiger partial charge is 0.457 e. The van der Waals surface area contributed by atoms with Gasteiger partial charge in [0, 0.05) is 62.4 Å². The number of carbonyl (C=O) groups excluding carboxylic acids is 1. The number of piperidine rings is 1. The lowest BCUT2D eigenvalue weighted by atomic mass is 9.93. The van der Waals surface area contributed by atoms with E-state index in [2.05, 4.69) is 33.3 Å². The fraction of sp³-hybridized carbons (Fsp3) is 0.281. The van der Waals surface area contributed by atoms with Crippen LogP contribution in [-0.2, 0) is 11.8 Å². The zero-order valence-corrected chi connectivity index (χ0v) is 22.9. The smallest absolute Gasteiger partial charge is 0.245 e. The third-order valence-corrected chi connectivity index (χ3v) is 7.96. The molecule has 0 atom stereocenters. The Morgan fingerprint density at radius 3 is 2.59 bits per heavy atom. The fourth-order valence-electron chi connectivity index (χ4n) is 5.72. The molecule has 2 N–H and O–H groups in total. The molecule has 0 aliphatic carbocycles. The number of hydrogen-bond donors (Lipinski definition) is 1. The number of nitrogen functional groups attached to an aromatic ring is 1. The standard InChI is InChI=1S/C32H31FN6O2/c1-3-28(40)38-15-13-22(14-16-38)39-18-21(19-39)9-12-27-29(30-31(34)35-20-36-32(30)37(27)2)25-11-10-24(17-26(25)33)41-23-7-5-4-6-8-23/h3-8,10-11,17,20-22H,1,13-16,18-19H2,2H3,(H2,34,35,36). The zero-order valence-electron chi connectivity index (χ0n) is 22.9. The molecule has 0 radical (unpaired) electrons. The van der Waals surface area contributed by atoms with Crippen molar-refractivity contribution in [1.82, 2.24) is 24.3 Å². The molecule has 4 heterocycles. The van der Waals surface area contributed by atoms with E-state index in [0.717, 1.165) is 39.0 Å². The number of carbonyl (C=O) groups is 1. The molecule has 0 bridgehead atoms. The Bertz CT molecular complexity index is 1680. The number of aryl methyl sites for hydroxylation is 1. The molecular weight excluding hydrogens is 519 g/mol. The number of fused-ring (bicyclic) bond motifs is 1. The first-order valence-corrected chi connectivity index (χ1v) is 13.7. The molecule has 41 heavy (non-hydrogen) atoms. The average Bonchev–Trinajstić information content (AvgIpc) is 3.25. The number of nitrogens with zero attached hydrogens (tertiary/aromatic N) is 5. The molecule has 2 aliphatic heterocycles. The normalized spacial score (nSPS) is 16.2. The second-order valence-electron chi connectivity index (χ2n) is 10.5. The summed E-state index contributed by atoms with van der Waals surface area (Å²) in [5.41, 5.74) is 8.46. The summed E-state index contributed by atoms with van der Waals surface area (Å²) >= 11 is 0. The number of rotatable bonds is 5. The van der Waals surface area contributed by atoms with Gasteiger partial charge in [-0.05, 0) is 49.1 Å². The van der Waals surface area contributed by atoms with Crippen LogP contribution in [0.2, 0.25) is 0 Å². The highest BCUT2D eigenvalue weighted by Gasteiger charge is 2.34. The molecule has 4 aromatic rings. The van der Waals surface area contributed by atoms with Crippen molar-refractivity contribution in [3.8, 4) is 34.5 Å². The number of hydrogen-bond acceptors (Lipinski definition) is 6. The van der Waals surface area contributed by atoms with Crippen molar-refractivity contribution in [1.29, 1.82) is 0 Å². The summed E-state index contributed by atoms with van der Waals surface area (Å²) in [6, 6.07) is 14.5. The van der Waals surface area contributed by atoms with Crippen LogP contribution in [0.4, 0.5) is 10.2 Å². The Morgan fingerprint density at radius 2 is 1.88 bits per heavy atom. The van der Waals surface area contributed by atoms with Crippen molar-refractivity contribution in [3.05, 3.63) is 79.0 Å². The first-order chi connectivity index (χ1) is 19.9. The van der Waals surface area contributed by atoms with Crippen LogP contribution in [0.25, 0.3) is 22.2 Å². The van der Waals surface area contributed by atoms with Crippen LogP contribution in [0.15, 0.2) is 67.5 Å². The van der Waals surface area contributed by atoms with Crippen LogP contribution < -0.4 is 10.5 Å².